The van der Waals surface area contributed by atoms with E-state index in [2.05, 4.69) is 157 Å². The predicted molar refractivity (Wildman–Crippen MR) is 168 cm³/mol. The largest absolute Gasteiger partial charge is 0.542 e. The molecule has 44 heavy (non-hydrogen) atoms. The number of para-hydroxylation sites is 1. The summed E-state index contributed by atoms with van der Waals surface area (Å²) in [5.74, 6) is -3.01. The van der Waals surface area contributed by atoms with Gasteiger partial charge in [0.1, 0.15) is 17.0 Å². The van der Waals surface area contributed by atoms with Crippen LogP contribution in [0, 0.1) is 0 Å². The number of carboxylic acid groups (broad SMARTS) is 1. The highest BCUT2D eigenvalue weighted by molar-refractivity contribution is 5.90. The molecule has 0 unspecified atom stereocenters. The standard InChI is InChI=1S/C34H30N3.C2HF3O2/c1-35(2)29-21-17-27(18-22-29)23-31-30-11-7-8-12-32(30)37-34(31)24-33(36(37)3)28-19-15-26(16-20-28)14-13-25-9-5-4-6-10-25;3-2(4,5)1(6)7/h4-24H,1-3H3;(H,6,7)/q+1;/p-1/b14-13+;. The molecule has 0 atom stereocenters. The van der Waals surface area contributed by atoms with Gasteiger partial charge in [0.2, 0.25) is 5.69 Å². The summed E-state index contributed by atoms with van der Waals surface area (Å²) in [5.41, 5.74) is 9.61. The normalized spacial score (nSPS) is 12.1. The van der Waals surface area contributed by atoms with Crippen molar-refractivity contribution in [3.8, 4) is 11.3 Å². The van der Waals surface area contributed by atoms with Gasteiger partial charge in [0.15, 0.2) is 7.05 Å². The minimum Gasteiger partial charge on any atom is -0.542 e. The first kappa shape index (κ1) is 30.1. The summed E-state index contributed by atoms with van der Waals surface area (Å²) in [5, 5.41) is 11.3. The first-order valence-corrected chi connectivity index (χ1v) is 13.9. The molecule has 4 aromatic carbocycles. The van der Waals surface area contributed by atoms with Crippen molar-refractivity contribution in [2.24, 2.45) is 7.05 Å². The molecule has 8 heteroatoms. The van der Waals surface area contributed by atoms with Crippen LogP contribution in [0.5, 0.6) is 0 Å². The van der Waals surface area contributed by atoms with Crippen LogP contribution in [0.3, 0.4) is 0 Å². The van der Waals surface area contributed by atoms with Crippen LogP contribution in [-0.4, -0.2) is 30.8 Å². The van der Waals surface area contributed by atoms with Crippen LogP contribution in [0.15, 0.2) is 109 Å². The van der Waals surface area contributed by atoms with Crippen molar-refractivity contribution in [3.63, 3.8) is 0 Å². The van der Waals surface area contributed by atoms with Gasteiger partial charge in [0, 0.05) is 42.0 Å². The first-order chi connectivity index (χ1) is 21.0. The third kappa shape index (κ3) is 6.49. The number of hydrogen-bond donors (Lipinski definition) is 0. The SMILES string of the molecule is CN(C)c1ccc(/C=c2/c3ccccc3n3c2cc(-c2ccc(/C=C/c4ccccc4)cc2)[n+]3C)cc1.O=C([O-])C(F)(F)F. The molecule has 0 amide bonds. The highest BCUT2D eigenvalue weighted by Gasteiger charge is 2.28. The summed E-state index contributed by atoms with van der Waals surface area (Å²) < 4.78 is 36.1. The number of aryl methyl sites for hydroxylation is 1. The van der Waals surface area contributed by atoms with Crippen molar-refractivity contribution in [2.75, 3.05) is 19.0 Å². The zero-order valence-corrected chi connectivity index (χ0v) is 24.4. The Hall–Kier alpha value is -5.37. The van der Waals surface area contributed by atoms with Crippen LogP contribution in [-0.2, 0) is 11.8 Å². The van der Waals surface area contributed by atoms with Crippen molar-refractivity contribution in [2.45, 2.75) is 6.18 Å². The summed E-state index contributed by atoms with van der Waals surface area (Å²) in [7, 11) is 6.29. The average molecular weight is 594 g/mol. The molecule has 0 aliphatic rings. The molecule has 0 aliphatic heterocycles. The van der Waals surface area contributed by atoms with E-state index in [-0.39, 0.29) is 0 Å². The van der Waals surface area contributed by atoms with Crippen molar-refractivity contribution in [1.29, 1.82) is 0 Å². The molecule has 6 rings (SSSR count). The molecule has 2 aromatic heterocycles. The third-order valence-electron chi connectivity index (χ3n) is 7.27. The maximum absolute atomic E-state index is 10.5. The Morgan fingerprint density at radius 1 is 0.773 bits per heavy atom. The number of carbonyl (C=O) groups excluding carboxylic acids is 1. The zero-order valence-electron chi connectivity index (χ0n) is 24.4. The minimum absolute atomic E-state index is 1.19. The number of aromatic nitrogens is 2. The zero-order chi connectivity index (χ0) is 31.4. The second-order valence-corrected chi connectivity index (χ2v) is 10.5. The van der Waals surface area contributed by atoms with Gasteiger partial charge in [0.05, 0.1) is 0 Å². The molecule has 0 aliphatic carbocycles. The second kappa shape index (κ2) is 12.5. The Balaban J connectivity index is 0.000000493. The van der Waals surface area contributed by atoms with Crippen molar-refractivity contribution in [3.05, 3.63) is 131 Å². The summed E-state index contributed by atoms with van der Waals surface area (Å²) in [6.07, 6.45) is 1.43. The summed E-state index contributed by atoms with van der Waals surface area (Å²) in [4.78, 5) is 10.9. The number of rotatable bonds is 5. The van der Waals surface area contributed by atoms with Gasteiger partial charge in [0.25, 0.3) is 0 Å². The number of alkyl halides is 3. The van der Waals surface area contributed by atoms with Crippen LogP contribution in [0.25, 0.3) is 45.9 Å². The number of halogens is 3. The van der Waals surface area contributed by atoms with Crippen LogP contribution in [0.2, 0.25) is 0 Å². The Kier molecular flexibility index (Phi) is 8.53. The fraction of sp³-hybridized carbons (Fsp3) is 0.111. The van der Waals surface area contributed by atoms with E-state index in [4.69, 9.17) is 9.90 Å². The topological polar surface area (TPSA) is 51.7 Å². The molecule has 0 N–H and O–H groups in total. The Morgan fingerprint density at radius 3 is 1.91 bits per heavy atom. The number of carboxylic acids is 1. The van der Waals surface area contributed by atoms with E-state index in [0.717, 1.165) is 0 Å². The van der Waals surface area contributed by atoms with Crippen molar-refractivity contribution < 1.29 is 27.8 Å². The molecule has 0 bridgehead atoms. The van der Waals surface area contributed by atoms with Gasteiger partial charge in [-0.15, -0.1) is 9.20 Å². The number of benzene rings is 4. The van der Waals surface area contributed by atoms with E-state index in [1.54, 1.807) is 0 Å². The monoisotopic (exact) mass is 593 g/mol. The van der Waals surface area contributed by atoms with Crippen LogP contribution in [0.1, 0.15) is 16.7 Å². The van der Waals surface area contributed by atoms with Crippen molar-refractivity contribution >= 4 is 46.3 Å². The lowest BCUT2D eigenvalue weighted by molar-refractivity contribution is -0.725. The van der Waals surface area contributed by atoms with Gasteiger partial charge in [-0.3, -0.25) is 0 Å². The maximum Gasteiger partial charge on any atom is 0.430 e. The van der Waals surface area contributed by atoms with Gasteiger partial charge in [-0.2, -0.15) is 13.2 Å². The molecular formula is C36H30F3N3O2. The number of nitrogens with zero attached hydrogens (tertiary/aromatic N) is 3. The molecule has 0 radical (unpaired) electrons. The summed E-state index contributed by atoms with van der Waals surface area (Å²) in [6.45, 7) is 0. The number of carbonyl (C=O) groups is 1. The van der Waals surface area contributed by atoms with Gasteiger partial charge < -0.3 is 14.8 Å². The lowest BCUT2D eigenvalue weighted by atomic mass is 10.1. The van der Waals surface area contributed by atoms with Gasteiger partial charge in [-0.1, -0.05) is 84.9 Å². The van der Waals surface area contributed by atoms with Crippen LogP contribution in [0.4, 0.5) is 18.9 Å². The smallest absolute Gasteiger partial charge is 0.430 e. The van der Waals surface area contributed by atoms with E-state index < -0.39 is 12.1 Å². The first-order valence-electron chi connectivity index (χ1n) is 13.9. The molecule has 0 fully saturated rings. The number of hydrogen-bond acceptors (Lipinski definition) is 3. The molecule has 222 valence electrons. The lowest BCUT2D eigenvalue weighted by Gasteiger charge is -2.11. The van der Waals surface area contributed by atoms with Crippen LogP contribution >= 0.6 is 0 Å². The fourth-order valence-electron chi connectivity index (χ4n) is 5.04. The van der Waals surface area contributed by atoms with Gasteiger partial charge in [-0.25, -0.2) is 0 Å². The molecule has 0 spiro atoms. The van der Waals surface area contributed by atoms with E-state index in [9.17, 15) is 13.2 Å². The number of fused-ring (bicyclic) bond motifs is 3. The molecule has 0 saturated heterocycles. The highest BCUT2D eigenvalue weighted by atomic mass is 19.4. The Labute approximate surface area is 253 Å². The van der Waals surface area contributed by atoms with E-state index in [1.807, 2.05) is 6.07 Å². The summed E-state index contributed by atoms with van der Waals surface area (Å²) in [6, 6.07) is 38.9. The number of anilines is 1. The molecule has 0 saturated carbocycles. The van der Waals surface area contributed by atoms with Gasteiger partial charge in [-0.05, 0) is 53.1 Å². The van der Waals surface area contributed by atoms with Gasteiger partial charge >= 0.3 is 6.18 Å². The quantitative estimate of drug-likeness (QED) is 0.191. The predicted octanol–water partition coefficient (Wildman–Crippen LogP) is 5.67. The molecular weight excluding hydrogens is 563 g/mol. The summed E-state index contributed by atoms with van der Waals surface area (Å²) >= 11 is 0. The van der Waals surface area contributed by atoms with Crippen molar-refractivity contribution in [1.82, 2.24) is 4.52 Å². The lowest BCUT2D eigenvalue weighted by Crippen LogP contribution is -2.37. The van der Waals surface area contributed by atoms with E-state index in [0.29, 0.717) is 0 Å². The second-order valence-electron chi connectivity index (χ2n) is 10.5. The maximum atomic E-state index is 10.5. The average Bonchev–Trinajstić information content (AvgIpc) is 3.51. The third-order valence-corrected chi connectivity index (χ3v) is 7.27. The number of aliphatic carboxylic acids is 1. The molecule has 2 heterocycles. The Morgan fingerprint density at radius 2 is 1.32 bits per heavy atom. The van der Waals surface area contributed by atoms with Crippen LogP contribution < -0.4 is 19.9 Å². The molecule has 6 aromatic rings. The highest BCUT2D eigenvalue weighted by Crippen LogP contribution is 2.23. The minimum atomic E-state index is -5.19. The molecule has 5 nitrogen and oxygen atoms in total. The Bertz CT molecular complexity index is 1990. The fourth-order valence-corrected chi connectivity index (χ4v) is 5.04. The van der Waals surface area contributed by atoms with E-state index in [1.165, 1.54) is 55.3 Å². The van der Waals surface area contributed by atoms with E-state index >= 15 is 0 Å².